The third-order valence-corrected chi connectivity index (χ3v) is 3.34. The summed E-state index contributed by atoms with van der Waals surface area (Å²) >= 11 is 0. The number of rotatable bonds is 1. The molecule has 2 atom stereocenters. The molecule has 3 nitrogen and oxygen atoms in total. The zero-order valence-corrected chi connectivity index (χ0v) is 8.61. The third kappa shape index (κ3) is 1.52. The summed E-state index contributed by atoms with van der Waals surface area (Å²) in [5, 5.41) is 0. The molecule has 2 rings (SSSR count). The highest BCUT2D eigenvalue weighted by molar-refractivity contribution is 5.08. The molecule has 1 aromatic heterocycles. The van der Waals surface area contributed by atoms with Crippen LogP contribution in [0.4, 0.5) is 0 Å². The standard InChI is InChI=1S/C11H17N3/c1-9-5-2-3-6-11(9,12)10-13-7-4-8-14-10/h4,7-9H,2-3,5-6,12H2,1H3. The van der Waals surface area contributed by atoms with Crippen LogP contribution in [0.15, 0.2) is 18.5 Å². The average Bonchev–Trinajstić information content (AvgIpc) is 2.24. The Labute approximate surface area is 84.8 Å². The normalized spacial score (nSPS) is 32.9. The summed E-state index contributed by atoms with van der Waals surface area (Å²) < 4.78 is 0. The van der Waals surface area contributed by atoms with E-state index < -0.39 is 0 Å². The van der Waals surface area contributed by atoms with E-state index in [1.807, 2.05) is 6.07 Å². The van der Waals surface area contributed by atoms with Gasteiger partial charge in [0.25, 0.3) is 0 Å². The lowest BCUT2D eigenvalue weighted by molar-refractivity contribution is 0.195. The highest BCUT2D eigenvalue weighted by atomic mass is 15.0. The minimum absolute atomic E-state index is 0.292. The topological polar surface area (TPSA) is 51.8 Å². The number of hydrogen-bond donors (Lipinski definition) is 1. The van der Waals surface area contributed by atoms with Crippen molar-refractivity contribution in [2.45, 2.75) is 38.1 Å². The molecule has 1 heterocycles. The highest BCUT2D eigenvalue weighted by Crippen LogP contribution is 2.37. The molecule has 1 saturated carbocycles. The number of aromatic nitrogens is 2. The molecule has 2 unspecified atom stereocenters. The molecule has 0 amide bonds. The van der Waals surface area contributed by atoms with Gasteiger partial charge in [0.2, 0.25) is 0 Å². The zero-order valence-electron chi connectivity index (χ0n) is 8.61. The molecule has 0 spiro atoms. The van der Waals surface area contributed by atoms with E-state index >= 15 is 0 Å². The molecular formula is C11H17N3. The van der Waals surface area contributed by atoms with Gasteiger partial charge in [-0.15, -0.1) is 0 Å². The molecule has 1 aliphatic rings. The van der Waals surface area contributed by atoms with Crippen molar-refractivity contribution in [3.8, 4) is 0 Å². The lowest BCUT2D eigenvalue weighted by Gasteiger charge is -2.37. The molecule has 14 heavy (non-hydrogen) atoms. The lowest BCUT2D eigenvalue weighted by Crippen LogP contribution is -2.46. The average molecular weight is 191 g/mol. The van der Waals surface area contributed by atoms with Crippen molar-refractivity contribution in [1.29, 1.82) is 0 Å². The van der Waals surface area contributed by atoms with E-state index in [-0.39, 0.29) is 5.54 Å². The second-order valence-corrected chi connectivity index (χ2v) is 4.26. The number of nitrogens with zero attached hydrogens (tertiary/aromatic N) is 2. The predicted octanol–water partition coefficient (Wildman–Crippen LogP) is 1.84. The first-order valence-corrected chi connectivity index (χ1v) is 5.30. The van der Waals surface area contributed by atoms with Crippen molar-refractivity contribution in [3.63, 3.8) is 0 Å². The molecule has 0 bridgehead atoms. The maximum Gasteiger partial charge on any atom is 0.148 e. The molecular weight excluding hydrogens is 174 g/mol. The van der Waals surface area contributed by atoms with Crippen LogP contribution >= 0.6 is 0 Å². The Kier molecular flexibility index (Phi) is 2.50. The molecule has 1 aliphatic carbocycles. The molecule has 0 aromatic carbocycles. The van der Waals surface area contributed by atoms with E-state index in [0.717, 1.165) is 12.2 Å². The fourth-order valence-corrected chi connectivity index (χ4v) is 2.24. The Morgan fingerprint density at radius 2 is 2.07 bits per heavy atom. The van der Waals surface area contributed by atoms with Crippen LogP contribution in [-0.2, 0) is 5.54 Å². The van der Waals surface area contributed by atoms with Crippen LogP contribution in [-0.4, -0.2) is 9.97 Å². The van der Waals surface area contributed by atoms with Crippen LogP contribution in [0.5, 0.6) is 0 Å². The molecule has 0 radical (unpaired) electrons. The van der Waals surface area contributed by atoms with Gasteiger partial charge in [0.05, 0.1) is 5.54 Å². The second kappa shape index (κ2) is 3.65. The van der Waals surface area contributed by atoms with Gasteiger partial charge in [-0.25, -0.2) is 9.97 Å². The molecule has 0 aliphatic heterocycles. The van der Waals surface area contributed by atoms with Gasteiger partial charge in [0.1, 0.15) is 5.82 Å². The van der Waals surface area contributed by atoms with Gasteiger partial charge in [0, 0.05) is 12.4 Å². The molecule has 76 valence electrons. The number of nitrogens with two attached hydrogens (primary N) is 1. The summed E-state index contributed by atoms with van der Waals surface area (Å²) in [6, 6.07) is 1.83. The van der Waals surface area contributed by atoms with Crippen LogP contribution < -0.4 is 5.73 Å². The Hall–Kier alpha value is -0.960. The van der Waals surface area contributed by atoms with E-state index in [4.69, 9.17) is 5.73 Å². The van der Waals surface area contributed by atoms with E-state index in [0.29, 0.717) is 5.92 Å². The molecule has 2 N–H and O–H groups in total. The van der Waals surface area contributed by atoms with Crippen LogP contribution in [0.25, 0.3) is 0 Å². The molecule has 1 fully saturated rings. The maximum atomic E-state index is 6.40. The van der Waals surface area contributed by atoms with Crippen molar-refractivity contribution in [1.82, 2.24) is 9.97 Å². The van der Waals surface area contributed by atoms with Crippen molar-refractivity contribution in [2.75, 3.05) is 0 Å². The van der Waals surface area contributed by atoms with Crippen LogP contribution in [0.2, 0.25) is 0 Å². The second-order valence-electron chi connectivity index (χ2n) is 4.26. The fraction of sp³-hybridized carbons (Fsp3) is 0.636. The van der Waals surface area contributed by atoms with E-state index in [1.54, 1.807) is 12.4 Å². The fourth-order valence-electron chi connectivity index (χ4n) is 2.24. The molecule has 0 saturated heterocycles. The van der Waals surface area contributed by atoms with E-state index in [2.05, 4.69) is 16.9 Å². The predicted molar refractivity (Wildman–Crippen MR) is 55.5 cm³/mol. The maximum absolute atomic E-state index is 6.40. The summed E-state index contributed by atoms with van der Waals surface area (Å²) in [6.07, 6.45) is 8.23. The zero-order chi connectivity index (χ0) is 10.0. The smallest absolute Gasteiger partial charge is 0.148 e. The third-order valence-electron chi connectivity index (χ3n) is 3.34. The van der Waals surface area contributed by atoms with Crippen molar-refractivity contribution in [3.05, 3.63) is 24.3 Å². The Morgan fingerprint density at radius 3 is 2.71 bits per heavy atom. The summed E-state index contributed by atoms with van der Waals surface area (Å²) in [7, 11) is 0. The Morgan fingerprint density at radius 1 is 1.36 bits per heavy atom. The Balaban J connectivity index is 2.30. The Bertz CT molecular complexity index is 299. The quantitative estimate of drug-likeness (QED) is 0.737. The minimum atomic E-state index is -0.292. The summed E-state index contributed by atoms with van der Waals surface area (Å²) in [4.78, 5) is 8.58. The summed E-state index contributed by atoms with van der Waals surface area (Å²) in [5.74, 6) is 1.30. The highest BCUT2D eigenvalue weighted by Gasteiger charge is 2.38. The van der Waals surface area contributed by atoms with Gasteiger partial charge in [0.15, 0.2) is 0 Å². The van der Waals surface area contributed by atoms with Gasteiger partial charge in [-0.2, -0.15) is 0 Å². The first kappa shape index (κ1) is 9.59. The first-order valence-electron chi connectivity index (χ1n) is 5.30. The number of hydrogen-bond acceptors (Lipinski definition) is 3. The van der Waals surface area contributed by atoms with Crippen molar-refractivity contribution < 1.29 is 0 Å². The summed E-state index contributed by atoms with van der Waals surface area (Å²) in [5.41, 5.74) is 6.11. The van der Waals surface area contributed by atoms with Gasteiger partial charge in [-0.05, 0) is 24.8 Å². The van der Waals surface area contributed by atoms with Crippen molar-refractivity contribution in [2.24, 2.45) is 11.7 Å². The largest absolute Gasteiger partial charge is 0.319 e. The summed E-state index contributed by atoms with van der Waals surface area (Å²) in [6.45, 7) is 2.20. The van der Waals surface area contributed by atoms with Gasteiger partial charge >= 0.3 is 0 Å². The van der Waals surface area contributed by atoms with Gasteiger partial charge in [-0.3, -0.25) is 0 Å². The monoisotopic (exact) mass is 191 g/mol. The van der Waals surface area contributed by atoms with E-state index in [1.165, 1.54) is 19.3 Å². The lowest BCUT2D eigenvalue weighted by atomic mass is 9.74. The van der Waals surface area contributed by atoms with Crippen LogP contribution in [0.3, 0.4) is 0 Å². The molecule has 1 aromatic rings. The van der Waals surface area contributed by atoms with Gasteiger partial charge < -0.3 is 5.73 Å². The SMILES string of the molecule is CC1CCCCC1(N)c1ncccn1. The first-order chi connectivity index (χ1) is 6.73. The van der Waals surface area contributed by atoms with Gasteiger partial charge in [-0.1, -0.05) is 19.8 Å². The van der Waals surface area contributed by atoms with Crippen LogP contribution in [0, 0.1) is 5.92 Å². The van der Waals surface area contributed by atoms with Crippen molar-refractivity contribution >= 4 is 0 Å². The molecule has 3 heteroatoms. The van der Waals surface area contributed by atoms with Crippen LogP contribution in [0.1, 0.15) is 38.4 Å². The van der Waals surface area contributed by atoms with E-state index in [9.17, 15) is 0 Å². The minimum Gasteiger partial charge on any atom is -0.319 e.